The molecule has 6 heteroatoms. The van der Waals surface area contributed by atoms with Crippen LogP contribution >= 0.6 is 11.6 Å². The fraction of sp³-hybridized carbons (Fsp3) is 0.500. The second-order valence-electron chi connectivity index (χ2n) is 4.86. The molecule has 0 saturated heterocycles. The molecule has 0 bridgehead atoms. The van der Waals surface area contributed by atoms with Crippen molar-refractivity contribution in [2.75, 3.05) is 33.9 Å². The number of ether oxygens (including phenoxy) is 1. The third-order valence-corrected chi connectivity index (χ3v) is 3.29. The Balaban J connectivity index is 2.04. The molecule has 0 aliphatic carbocycles. The van der Waals surface area contributed by atoms with E-state index < -0.39 is 0 Å². The van der Waals surface area contributed by atoms with Gasteiger partial charge >= 0.3 is 0 Å². The SMILES string of the molecule is CN(C)CCOCCn1c(CCl)nc2cc(F)ccc21. The van der Waals surface area contributed by atoms with Crippen molar-refractivity contribution in [1.82, 2.24) is 14.5 Å². The smallest absolute Gasteiger partial charge is 0.125 e. The highest BCUT2D eigenvalue weighted by Gasteiger charge is 2.10. The Kier molecular flexibility index (Phi) is 5.34. The normalized spacial score (nSPS) is 11.7. The van der Waals surface area contributed by atoms with E-state index >= 15 is 0 Å². The van der Waals surface area contributed by atoms with E-state index in [1.54, 1.807) is 6.07 Å². The topological polar surface area (TPSA) is 30.3 Å². The van der Waals surface area contributed by atoms with Gasteiger partial charge in [0.25, 0.3) is 0 Å². The Labute approximate surface area is 123 Å². The number of fused-ring (bicyclic) bond motifs is 1. The predicted molar refractivity (Wildman–Crippen MR) is 78.6 cm³/mol. The highest BCUT2D eigenvalue weighted by Crippen LogP contribution is 2.18. The van der Waals surface area contributed by atoms with Crippen LogP contribution in [0.1, 0.15) is 5.82 Å². The van der Waals surface area contributed by atoms with Crippen LogP contribution in [-0.2, 0) is 17.2 Å². The molecule has 0 fully saturated rings. The molecule has 1 aromatic carbocycles. The van der Waals surface area contributed by atoms with Crippen molar-refractivity contribution in [3.05, 3.63) is 29.8 Å². The van der Waals surface area contributed by atoms with E-state index in [0.717, 1.165) is 17.9 Å². The Morgan fingerprint density at radius 2 is 2.15 bits per heavy atom. The molecule has 0 saturated carbocycles. The number of rotatable bonds is 7. The minimum absolute atomic E-state index is 0.287. The quantitative estimate of drug-likeness (QED) is 0.581. The van der Waals surface area contributed by atoms with Crippen molar-refractivity contribution in [2.24, 2.45) is 0 Å². The molecule has 0 spiro atoms. The van der Waals surface area contributed by atoms with Crippen molar-refractivity contribution in [3.8, 4) is 0 Å². The Bertz CT molecular complexity index is 571. The average molecular weight is 300 g/mol. The summed E-state index contributed by atoms with van der Waals surface area (Å²) in [6.07, 6.45) is 0. The van der Waals surface area contributed by atoms with Gasteiger partial charge in [-0.25, -0.2) is 9.37 Å². The van der Waals surface area contributed by atoms with Gasteiger partial charge in [-0.1, -0.05) is 0 Å². The molecule has 0 amide bonds. The molecule has 2 aromatic rings. The molecule has 1 aromatic heterocycles. The summed E-state index contributed by atoms with van der Waals surface area (Å²) >= 11 is 5.90. The van der Waals surface area contributed by atoms with E-state index in [0.29, 0.717) is 31.2 Å². The molecule has 0 atom stereocenters. The number of nitrogens with zero attached hydrogens (tertiary/aromatic N) is 3. The lowest BCUT2D eigenvalue weighted by molar-refractivity contribution is 0.111. The zero-order chi connectivity index (χ0) is 14.5. The minimum Gasteiger partial charge on any atom is -0.378 e. The van der Waals surface area contributed by atoms with Crippen molar-refractivity contribution in [2.45, 2.75) is 12.4 Å². The van der Waals surface area contributed by atoms with E-state index in [1.807, 2.05) is 18.7 Å². The van der Waals surface area contributed by atoms with Gasteiger partial charge in [-0.3, -0.25) is 0 Å². The van der Waals surface area contributed by atoms with Gasteiger partial charge in [-0.05, 0) is 26.2 Å². The van der Waals surface area contributed by atoms with E-state index in [4.69, 9.17) is 16.3 Å². The number of benzene rings is 1. The molecular weight excluding hydrogens is 281 g/mol. The molecule has 2 rings (SSSR count). The van der Waals surface area contributed by atoms with Gasteiger partial charge in [0.15, 0.2) is 0 Å². The molecule has 1 heterocycles. The van der Waals surface area contributed by atoms with Crippen LogP contribution < -0.4 is 0 Å². The first-order valence-corrected chi connectivity index (χ1v) is 7.08. The first-order chi connectivity index (χ1) is 9.61. The fourth-order valence-corrected chi connectivity index (χ4v) is 2.21. The first-order valence-electron chi connectivity index (χ1n) is 6.55. The summed E-state index contributed by atoms with van der Waals surface area (Å²) < 4.78 is 20.8. The van der Waals surface area contributed by atoms with Gasteiger partial charge in [0, 0.05) is 19.2 Å². The van der Waals surface area contributed by atoms with Crippen molar-refractivity contribution < 1.29 is 9.13 Å². The zero-order valence-corrected chi connectivity index (χ0v) is 12.5. The number of alkyl halides is 1. The fourth-order valence-electron chi connectivity index (χ4n) is 2.01. The second kappa shape index (κ2) is 7.02. The largest absolute Gasteiger partial charge is 0.378 e. The van der Waals surface area contributed by atoms with Gasteiger partial charge < -0.3 is 14.2 Å². The maximum atomic E-state index is 13.2. The molecule has 0 radical (unpaired) electrons. The molecule has 0 aliphatic heterocycles. The molecule has 4 nitrogen and oxygen atoms in total. The first kappa shape index (κ1) is 15.2. The zero-order valence-electron chi connectivity index (χ0n) is 11.8. The third-order valence-electron chi connectivity index (χ3n) is 3.05. The van der Waals surface area contributed by atoms with Crippen LogP contribution in [0.5, 0.6) is 0 Å². The number of aromatic nitrogens is 2. The van der Waals surface area contributed by atoms with Crippen LogP contribution in [-0.4, -0.2) is 48.3 Å². The Morgan fingerprint density at radius 3 is 2.85 bits per heavy atom. The lowest BCUT2D eigenvalue weighted by Crippen LogP contribution is -2.19. The summed E-state index contributed by atoms with van der Waals surface area (Å²) in [4.78, 5) is 6.42. The van der Waals surface area contributed by atoms with Crippen molar-refractivity contribution >= 4 is 22.6 Å². The monoisotopic (exact) mass is 299 g/mol. The summed E-state index contributed by atoms with van der Waals surface area (Å²) in [5.41, 5.74) is 1.52. The molecule has 20 heavy (non-hydrogen) atoms. The lowest BCUT2D eigenvalue weighted by Gasteiger charge is -2.11. The molecule has 110 valence electrons. The van der Waals surface area contributed by atoms with Crippen LogP contribution in [0.25, 0.3) is 11.0 Å². The van der Waals surface area contributed by atoms with E-state index in [-0.39, 0.29) is 5.82 Å². The standard InChI is InChI=1S/C14H19ClFN3O/c1-18(2)5-7-20-8-6-19-13-4-3-11(16)9-12(13)17-14(19)10-15/h3-4,9H,5-8,10H2,1-2H3. The van der Waals surface area contributed by atoms with Crippen LogP contribution in [0.15, 0.2) is 18.2 Å². The molecule has 0 unspecified atom stereocenters. The summed E-state index contributed by atoms with van der Waals surface area (Å²) in [7, 11) is 4.01. The Hall–Kier alpha value is -1.17. The summed E-state index contributed by atoms with van der Waals surface area (Å²) in [6, 6.07) is 4.59. The van der Waals surface area contributed by atoms with Crippen molar-refractivity contribution in [3.63, 3.8) is 0 Å². The van der Waals surface area contributed by atoms with E-state index in [2.05, 4.69) is 9.88 Å². The number of hydrogen-bond donors (Lipinski definition) is 0. The van der Waals surface area contributed by atoms with Gasteiger partial charge in [0.2, 0.25) is 0 Å². The maximum Gasteiger partial charge on any atom is 0.125 e. The van der Waals surface area contributed by atoms with Crippen LogP contribution in [0.4, 0.5) is 4.39 Å². The highest BCUT2D eigenvalue weighted by molar-refractivity contribution is 6.16. The number of halogens is 2. The highest BCUT2D eigenvalue weighted by atomic mass is 35.5. The lowest BCUT2D eigenvalue weighted by atomic mass is 10.3. The third kappa shape index (κ3) is 3.69. The summed E-state index contributed by atoms with van der Waals surface area (Å²) in [6.45, 7) is 2.82. The van der Waals surface area contributed by atoms with Gasteiger partial charge in [0.05, 0.1) is 30.1 Å². The summed E-state index contributed by atoms with van der Waals surface area (Å²) in [5.74, 6) is 0.752. The van der Waals surface area contributed by atoms with Gasteiger partial charge in [0.1, 0.15) is 11.6 Å². The minimum atomic E-state index is -0.287. The van der Waals surface area contributed by atoms with Crippen LogP contribution in [0.3, 0.4) is 0 Å². The number of hydrogen-bond acceptors (Lipinski definition) is 3. The summed E-state index contributed by atoms with van der Waals surface area (Å²) in [5, 5.41) is 0. The molecule has 0 aliphatic rings. The van der Waals surface area contributed by atoms with Gasteiger partial charge in [-0.15, -0.1) is 11.6 Å². The molecule has 0 N–H and O–H groups in total. The van der Waals surface area contributed by atoms with E-state index in [9.17, 15) is 4.39 Å². The number of imidazole rings is 1. The molecular formula is C14H19ClFN3O. The van der Waals surface area contributed by atoms with Crippen LogP contribution in [0, 0.1) is 5.82 Å². The van der Waals surface area contributed by atoms with Gasteiger partial charge in [-0.2, -0.15) is 0 Å². The predicted octanol–water partition coefficient (Wildman–Crippen LogP) is 2.49. The average Bonchev–Trinajstić information content (AvgIpc) is 2.75. The Morgan fingerprint density at radius 1 is 1.35 bits per heavy atom. The van der Waals surface area contributed by atoms with Crippen LogP contribution in [0.2, 0.25) is 0 Å². The second-order valence-corrected chi connectivity index (χ2v) is 5.13. The van der Waals surface area contributed by atoms with Crippen molar-refractivity contribution in [1.29, 1.82) is 0 Å². The number of likely N-dealkylation sites (N-methyl/N-ethyl adjacent to an activating group) is 1. The maximum absolute atomic E-state index is 13.2. The van der Waals surface area contributed by atoms with E-state index in [1.165, 1.54) is 12.1 Å².